The van der Waals surface area contributed by atoms with Crippen LogP contribution in [0.1, 0.15) is 24.4 Å². The molecule has 0 bridgehead atoms. The summed E-state index contributed by atoms with van der Waals surface area (Å²) in [4.78, 5) is 34.1. The van der Waals surface area contributed by atoms with Crippen LogP contribution in [0.15, 0.2) is 118 Å². The van der Waals surface area contributed by atoms with E-state index in [4.69, 9.17) is 9.72 Å². The van der Waals surface area contributed by atoms with Gasteiger partial charge in [-0.2, -0.15) is 0 Å². The van der Waals surface area contributed by atoms with Gasteiger partial charge in [-0.05, 0) is 61.0 Å². The summed E-state index contributed by atoms with van der Waals surface area (Å²) in [7, 11) is 0. The lowest BCUT2D eigenvalue weighted by molar-refractivity contribution is -0.136. The average molecular weight is 568 g/mol. The minimum Gasteiger partial charge on any atom is -0.484 e. The molecular weight excluding hydrogens is 542 g/mol. The molecule has 1 atom stereocenters. The second-order valence-electron chi connectivity index (χ2n) is 8.89. The molecule has 0 saturated heterocycles. The highest BCUT2D eigenvalue weighted by Crippen LogP contribution is 2.26. The van der Waals surface area contributed by atoms with Gasteiger partial charge in [0, 0.05) is 11.0 Å². The lowest BCUT2D eigenvalue weighted by Gasteiger charge is -2.30. The van der Waals surface area contributed by atoms with Gasteiger partial charge in [0.1, 0.15) is 11.6 Å². The van der Waals surface area contributed by atoms with Crippen molar-refractivity contribution < 1.29 is 9.53 Å². The van der Waals surface area contributed by atoms with Gasteiger partial charge in [-0.3, -0.25) is 14.2 Å². The van der Waals surface area contributed by atoms with E-state index >= 15 is 0 Å². The SMILES string of the molecule is CC(c1nc2ccccc2c(=O)n1-c1ccc(Br)cc1)N(Cc1ccccc1)C(=O)COc1ccccc1. The van der Waals surface area contributed by atoms with Crippen LogP contribution in [0.3, 0.4) is 0 Å². The van der Waals surface area contributed by atoms with Gasteiger partial charge in [0.25, 0.3) is 11.5 Å². The molecule has 5 rings (SSSR count). The van der Waals surface area contributed by atoms with Crippen molar-refractivity contribution in [3.8, 4) is 11.4 Å². The first-order valence-electron chi connectivity index (χ1n) is 12.3. The molecule has 0 fully saturated rings. The Morgan fingerprint density at radius 1 is 0.895 bits per heavy atom. The Bertz CT molecular complexity index is 1600. The first-order valence-corrected chi connectivity index (χ1v) is 13.1. The standard InChI is InChI=1S/C31H26BrN3O3/c1-22(34(20-23-10-4-2-5-11-23)29(36)21-38-26-12-6-3-7-13-26)30-33-28-15-9-8-14-27(28)31(37)35(30)25-18-16-24(32)17-19-25/h2-19,22H,20-21H2,1H3. The number of carbonyl (C=O) groups excluding carboxylic acids is 1. The molecule has 1 aromatic heterocycles. The van der Waals surface area contributed by atoms with Crippen molar-refractivity contribution >= 4 is 32.7 Å². The van der Waals surface area contributed by atoms with Crippen molar-refractivity contribution in [2.45, 2.75) is 19.5 Å². The number of hydrogen-bond donors (Lipinski definition) is 0. The largest absolute Gasteiger partial charge is 0.484 e. The van der Waals surface area contributed by atoms with Crippen LogP contribution in [0.25, 0.3) is 16.6 Å². The summed E-state index contributed by atoms with van der Waals surface area (Å²) in [5.41, 5.74) is 2.03. The Morgan fingerprint density at radius 3 is 2.24 bits per heavy atom. The van der Waals surface area contributed by atoms with Gasteiger partial charge >= 0.3 is 0 Å². The van der Waals surface area contributed by atoms with Crippen LogP contribution in [0.5, 0.6) is 5.75 Å². The summed E-state index contributed by atoms with van der Waals surface area (Å²) in [6.45, 7) is 2.09. The smallest absolute Gasteiger partial charge is 0.266 e. The molecule has 0 aliphatic carbocycles. The third-order valence-electron chi connectivity index (χ3n) is 6.35. The number of nitrogens with zero attached hydrogens (tertiary/aromatic N) is 3. The minimum atomic E-state index is -0.539. The Labute approximate surface area is 229 Å². The monoisotopic (exact) mass is 567 g/mol. The molecule has 6 nitrogen and oxygen atoms in total. The number of amides is 1. The maximum absolute atomic E-state index is 13.8. The highest BCUT2D eigenvalue weighted by Gasteiger charge is 2.27. The fourth-order valence-electron chi connectivity index (χ4n) is 4.38. The van der Waals surface area contributed by atoms with Crippen molar-refractivity contribution in [2.75, 3.05) is 6.61 Å². The van der Waals surface area contributed by atoms with Crippen LogP contribution < -0.4 is 10.3 Å². The van der Waals surface area contributed by atoms with E-state index < -0.39 is 6.04 Å². The zero-order valence-electron chi connectivity index (χ0n) is 20.8. The summed E-state index contributed by atoms with van der Waals surface area (Å²) >= 11 is 3.47. The molecule has 0 radical (unpaired) electrons. The molecule has 38 heavy (non-hydrogen) atoms. The number of benzene rings is 4. The normalized spacial score (nSPS) is 11.7. The number of para-hydroxylation sites is 2. The molecule has 0 aliphatic rings. The van der Waals surface area contributed by atoms with E-state index in [9.17, 15) is 9.59 Å². The number of aromatic nitrogens is 2. The fraction of sp³-hybridized carbons (Fsp3) is 0.129. The van der Waals surface area contributed by atoms with Gasteiger partial charge in [0.15, 0.2) is 6.61 Å². The summed E-state index contributed by atoms with van der Waals surface area (Å²) < 4.78 is 8.31. The van der Waals surface area contributed by atoms with E-state index in [0.29, 0.717) is 34.7 Å². The van der Waals surface area contributed by atoms with Gasteiger partial charge in [-0.15, -0.1) is 0 Å². The molecule has 1 amide bonds. The third-order valence-corrected chi connectivity index (χ3v) is 6.88. The molecule has 190 valence electrons. The van der Waals surface area contributed by atoms with Crippen molar-refractivity contribution in [1.82, 2.24) is 14.5 Å². The summed E-state index contributed by atoms with van der Waals surface area (Å²) in [5, 5.41) is 0.514. The van der Waals surface area contributed by atoms with Crippen molar-refractivity contribution in [1.29, 1.82) is 0 Å². The maximum Gasteiger partial charge on any atom is 0.266 e. The zero-order valence-corrected chi connectivity index (χ0v) is 22.4. The van der Waals surface area contributed by atoms with Crippen molar-refractivity contribution in [3.63, 3.8) is 0 Å². The Hall–Kier alpha value is -4.23. The van der Waals surface area contributed by atoms with Crippen LogP contribution in [0, 0.1) is 0 Å². The van der Waals surface area contributed by atoms with Gasteiger partial charge in [0.2, 0.25) is 0 Å². The number of halogens is 1. The third kappa shape index (κ3) is 5.53. The van der Waals surface area contributed by atoms with Crippen LogP contribution in [-0.4, -0.2) is 27.0 Å². The lowest BCUT2D eigenvalue weighted by Crippen LogP contribution is -2.39. The molecule has 5 aromatic rings. The first kappa shape index (κ1) is 25.4. The second-order valence-corrected chi connectivity index (χ2v) is 9.80. The topological polar surface area (TPSA) is 64.4 Å². The quantitative estimate of drug-likeness (QED) is 0.220. The molecular formula is C31H26BrN3O3. The number of carbonyl (C=O) groups is 1. The summed E-state index contributed by atoms with van der Waals surface area (Å²) in [6.07, 6.45) is 0. The predicted octanol–water partition coefficient (Wildman–Crippen LogP) is 6.32. The van der Waals surface area contributed by atoms with Gasteiger partial charge in [-0.1, -0.05) is 76.6 Å². The summed E-state index contributed by atoms with van der Waals surface area (Å²) in [5.74, 6) is 0.874. The lowest BCUT2D eigenvalue weighted by atomic mass is 10.1. The molecule has 0 spiro atoms. The number of ether oxygens (including phenoxy) is 1. The average Bonchev–Trinajstić information content (AvgIpc) is 2.96. The van der Waals surface area contributed by atoms with Crippen LogP contribution in [-0.2, 0) is 11.3 Å². The molecule has 0 N–H and O–H groups in total. The Kier molecular flexibility index (Phi) is 7.65. The highest BCUT2D eigenvalue weighted by atomic mass is 79.9. The summed E-state index contributed by atoms with van der Waals surface area (Å²) in [6, 6.07) is 33.2. The zero-order chi connectivity index (χ0) is 26.5. The Morgan fingerprint density at radius 2 is 1.53 bits per heavy atom. The van der Waals surface area contributed by atoms with E-state index in [-0.39, 0.29) is 18.1 Å². The predicted molar refractivity (Wildman–Crippen MR) is 152 cm³/mol. The van der Waals surface area contributed by atoms with Gasteiger partial charge < -0.3 is 9.64 Å². The van der Waals surface area contributed by atoms with E-state index in [0.717, 1.165) is 10.0 Å². The van der Waals surface area contributed by atoms with E-state index in [1.54, 1.807) is 15.5 Å². The molecule has 1 heterocycles. The van der Waals surface area contributed by atoms with Crippen LogP contribution in [0.4, 0.5) is 0 Å². The van der Waals surface area contributed by atoms with E-state index in [1.165, 1.54) is 0 Å². The van der Waals surface area contributed by atoms with Crippen molar-refractivity contribution in [3.05, 3.63) is 135 Å². The van der Waals surface area contributed by atoms with E-state index in [1.807, 2.05) is 110 Å². The number of hydrogen-bond acceptors (Lipinski definition) is 4. The maximum atomic E-state index is 13.8. The van der Waals surface area contributed by atoms with Crippen molar-refractivity contribution in [2.24, 2.45) is 0 Å². The Balaban J connectivity index is 1.59. The molecule has 0 saturated carbocycles. The molecule has 7 heteroatoms. The van der Waals surface area contributed by atoms with Gasteiger partial charge in [-0.25, -0.2) is 4.98 Å². The van der Waals surface area contributed by atoms with Crippen LogP contribution >= 0.6 is 15.9 Å². The second kappa shape index (κ2) is 11.4. The van der Waals surface area contributed by atoms with Crippen LogP contribution in [0.2, 0.25) is 0 Å². The molecule has 0 aliphatic heterocycles. The molecule has 4 aromatic carbocycles. The minimum absolute atomic E-state index is 0.142. The van der Waals surface area contributed by atoms with E-state index in [2.05, 4.69) is 15.9 Å². The fourth-order valence-corrected chi connectivity index (χ4v) is 4.64. The molecule has 1 unspecified atom stereocenters. The number of rotatable bonds is 8. The van der Waals surface area contributed by atoms with Gasteiger partial charge in [0.05, 0.1) is 22.6 Å². The number of fused-ring (bicyclic) bond motifs is 1. The first-order chi connectivity index (χ1) is 18.5. The highest BCUT2D eigenvalue weighted by molar-refractivity contribution is 9.10.